The number of rotatable bonds is 2. The van der Waals surface area contributed by atoms with Crippen molar-refractivity contribution in [2.45, 2.75) is 50.1 Å². The van der Waals surface area contributed by atoms with E-state index in [1.54, 1.807) is 0 Å². The number of anilines is 1. The maximum absolute atomic E-state index is 12.5. The molecule has 0 bridgehead atoms. The molecule has 3 rings (SSSR count). The number of benzene rings is 1. The van der Waals surface area contributed by atoms with Crippen molar-refractivity contribution in [3.63, 3.8) is 0 Å². The van der Waals surface area contributed by atoms with E-state index < -0.39 is 0 Å². The minimum atomic E-state index is -0.384. The molecular weight excluding hydrogens is 302 g/mol. The molecule has 1 heterocycles. The van der Waals surface area contributed by atoms with Gasteiger partial charge in [-0.15, -0.1) is 12.4 Å². The number of amides is 2. The van der Waals surface area contributed by atoms with E-state index in [2.05, 4.69) is 10.6 Å². The zero-order valence-corrected chi connectivity index (χ0v) is 13.2. The molecule has 1 aliphatic heterocycles. The van der Waals surface area contributed by atoms with Crippen molar-refractivity contribution in [3.8, 4) is 0 Å². The summed E-state index contributed by atoms with van der Waals surface area (Å²) in [6.45, 7) is 0. The topological polar surface area (TPSA) is 84.2 Å². The number of hydrogen-bond donors (Lipinski definition) is 3. The van der Waals surface area contributed by atoms with Crippen LogP contribution in [-0.4, -0.2) is 23.9 Å². The third-order valence-electron chi connectivity index (χ3n) is 4.43. The molecular formula is C16H22ClN3O2. The highest BCUT2D eigenvalue weighted by molar-refractivity contribution is 6.01. The molecule has 1 atom stereocenters. The molecule has 4 N–H and O–H groups in total. The van der Waals surface area contributed by atoms with Gasteiger partial charge in [0.2, 0.25) is 11.8 Å². The van der Waals surface area contributed by atoms with E-state index in [-0.39, 0.29) is 48.6 Å². The zero-order valence-electron chi connectivity index (χ0n) is 12.4. The molecule has 2 aliphatic rings. The van der Waals surface area contributed by atoms with E-state index in [9.17, 15) is 9.59 Å². The van der Waals surface area contributed by atoms with Crippen LogP contribution in [0.5, 0.6) is 0 Å². The molecule has 22 heavy (non-hydrogen) atoms. The van der Waals surface area contributed by atoms with E-state index in [1.807, 2.05) is 24.3 Å². The number of fused-ring (bicyclic) bond motifs is 1. The Morgan fingerprint density at radius 1 is 1.18 bits per heavy atom. The van der Waals surface area contributed by atoms with Gasteiger partial charge in [0.05, 0.1) is 5.92 Å². The second kappa shape index (κ2) is 7.11. The van der Waals surface area contributed by atoms with Gasteiger partial charge in [0, 0.05) is 24.2 Å². The van der Waals surface area contributed by atoms with Gasteiger partial charge in [0.25, 0.3) is 0 Å². The normalized spacial score (nSPS) is 27.1. The second-order valence-electron chi connectivity index (χ2n) is 6.01. The van der Waals surface area contributed by atoms with E-state index in [0.717, 1.165) is 36.9 Å². The SMILES string of the molecule is Cl.NC1CCC(NC(=O)C2CC(=O)Nc3ccccc32)CC1. The number of nitrogens with two attached hydrogens (primary N) is 1. The minimum Gasteiger partial charge on any atom is -0.353 e. The van der Waals surface area contributed by atoms with Crippen LogP contribution in [0, 0.1) is 0 Å². The quantitative estimate of drug-likeness (QED) is 0.777. The van der Waals surface area contributed by atoms with Gasteiger partial charge in [-0.3, -0.25) is 9.59 Å². The molecule has 1 aromatic carbocycles. The van der Waals surface area contributed by atoms with Crippen molar-refractivity contribution in [3.05, 3.63) is 29.8 Å². The van der Waals surface area contributed by atoms with Crippen LogP contribution in [0.15, 0.2) is 24.3 Å². The molecule has 6 heteroatoms. The van der Waals surface area contributed by atoms with E-state index in [1.165, 1.54) is 0 Å². The van der Waals surface area contributed by atoms with E-state index in [4.69, 9.17) is 5.73 Å². The van der Waals surface area contributed by atoms with Gasteiger partial charge in [-0.05, 0) is 37.3 Å². The molecule has 0 radical (unpaired) electrons. The number of halogens is 1. The summed E-state index contributed by atoms with van der Waals surface area (Å²) >= 11 is 0. The zero-order chi connectivity index (χ0) is 14.8. The highest BCUT2D eigenvalue weighted by Crippen LogP contribution is 2.32. The monoisotopic (exact) mass is 323 g/mol. The lowest BCUT2D eigenvalue weighted by Crippen LogP contribution is -2.43. The first kappa shape index (κ1) is 16.8. The van der Waals surface area contributed by atoms with Crippen molar-refractivity contribution < 1.29 is 9.59 Å². The van der Waals surface area contributed by atoms with Gasteiger partial charge in [0.15, 0.2) is 0 Å². The van der Waals surface area contributed by atoms with E-state index in [0.29, 0.717) is 0 Å². The molecule has 2 amide bonds. The van der Waals surface area contributed by atoms with Crippen molar-refractivity contribution >= 4 is 29.9 Å². The second-order valence-corrected chi connectivity index (χ2v) is 6.01. The lowest BCUT2D eigenvalue weighted by molar-refractivity contribution is -0.127. The Kier molecular flexibility index (Phi) is 5.42. The first-order valence-corrected chi connectivity index (χ1v) is 7.58. The van der Waals surface area contributed by atoms with Gasteiger partial charge >= 0.3 is 0 Å². The number of hydrogen-bond acceptors (Lipinski definition) is 3. The summed E-state index contributed by atoms with van der Waals surface area (Å²) in [6, 6.07) is 7.97. The molecule has 0 spiro atoms. The summed E-state index contributed by atoms with van der Waals surface area (Å²) in [7, 11) is 0. The Balaban J connectivity index is 0.00000176. The maximum atomic E-state index is 12.5. The Morgan fingerprint density at radius 3 is 2.59 bits per heavy atom. The fraction of sp³-hybridized carbons (Fsp3) is 0.500. The summed E-state index contributed by atoms with van der Waals surface area (Å²) in [5, 5.41) is 5.91. The van der Waals surface area contributed by atoms with Gasteiger partial charge in [-0.25, -0.2) is 0 Å². The molecule has 0 aromatic heterocycles. The standard InChI is InChI=1S/C16H21N3O2.ClH/c17-10-5-7-11(8-6-10)18-16(21)13-9-15(20)19-14-4-2-1-3-12(13)14;/h1-4,10-11,13H,5-9,17H2,(H,18,21)(H,19,20);1H. The van der Waals surface area contributed by atoms with Crippen LogP contribution >= 0.6 is 12.4 Å². The van der Waals surface area contributed by atoms with Crippen molar-refractivity contribution in [1.29, 1.82) is 0 Å². The summed E-state index contributed by atoms with van der Waals surface area (Å²) in [5.74, 6) is -0.525. The summed E-state index contributed by atoms with van der Waals surface area (Å²) in [6.07, 6.45) is 3.97. The maximum Gasteiger partial charge on any atom is 0.228 e. The highest BCUT2D eigenvalue weighted by atomic mass is 35.5. The molecule has 1 fully saturated rings. The Bertz CT molecular complexity index is 556. The molecule has 120 valence electrons. The van der Waals surface area contributed by atoms with Gasteiger partial charge in [-0.1, -0.05) is 18.2 Å². The highest BCUT2D eigenvalue weighted by Gasteiger charge is 2.32. The number of carbonyl (C=O) groups is 2. The Morgan fingerprint density at radius 2 is 1.86 bits per heavy atom. The molecule has 1 aromatic rings. The molecule has 5 nitrogen and oxygen atoms in total. The summed E-state index contributed by atoms with van der Waals surface area (Å²) in [4.78, 5) is 24.3. The smallest absolute Gasteiger partial charge is 0.228 e. The third kappa shape index (κ3) is 3.59. The summed E-state index contributed by atoms with van der Waals surface area (Å²) < 4.78 is 0. The predicted octanol–water partition coefficient (Wildman–Crippen LogP) is 1.92. The molecule has 1 unspecified atom stereocenters. The molecule has 0 saturated heterocycles. The van der Waals surface area contributed by atoms with Gasteiger partial charge in [-0.2, -0.15) is 0 Å². The lowest BCUT2D eigenvalue weighted by atomic mass is 9.88. The fourth-order valence-electron chi connectivity index (χ4n) is 3.21. The average molecular weight is 324 g/mol. The fourth-order valence-corrected chi connectivity index (χ4v) is 3.21. The Hall–Kier alpha value is -1.59. The third-order valence-corrected chi connectivity index (χ3v) is 4.43. The van der Waals surface area contributed by atoms with Crippen LogP contribution in [0.2, 0.25) is 0 Å². The van der Waals surface area contributed by atoms with Crippen LogP contribution in [-0.2, 0) is 9.59 Å². The molecule has 1 saturated carbocycles. The number of para-hydroxylation sites is 1. The van der Waals surface area contributed by atoms with Crippen LogP contribution < -0.4 is 16.4 Å². The van der Waals surface area contributed by atoms with Gasteiger partial charge < -0.3 is 16.4 Å². The van der Waals surface area contributed by atoms with Crippen LogP contribution in [0.4, 0.5) is 5.69 Å². The number of carbonyl (C=O) groups excluding carboxylic acids is 2. The first-order chi connectivity index (χ1) is 10.1. The predicted molar refractivity (Wildman–Crippen MR) is 88.1 cm³/mol. The van der Waals surface area contributed by atoms with Crippen LogP contribution in [0.1, 0.15) is 43.6 Å². The lowest BCUT2D eigenvalue weighted by Gasteiger charge is -2.30. The van der Waals surface area contributed by atoms with Crippen molar-refractivity contribution in [1.82, 2.24) is 5.32 Å². The van der Waals surface area contributed by atoms with Gasteiger partial charge in [0.1, 0.15) is 0 Å². The van der Waals surface area contributed by atoms with Crippen molar-refractivity contribution in [2.24, 2.45) is 5.73 Å². The largest absolute Gasteiger partial charge is 0.353 e. The minimum absolute atomic E-state index is 0. The Labute approximate surface area is 136 Å². The molecule has 1 aliphatic carbocycles. The van der Waals surface area contributed by atoms with E-state index >= 15 is 0 Å². The van der Waals surface area contributed by atoms with Crippen molar-refractivity contribution in [2.75, 3.05) is 5.32 Å². The first-order valence-electron chi connectivity index (χ1n) is 7.58. The van der Waals surface area contributed by atoms with Crippen LogP contribution in [0.25, 0.3) is 0 Å². The van der Waals surface area contributed by atoms with Crippen LogP contribution in [0.3, 0.4) is 0 Å². The number of nitrogens with one attached hydrogen (secondary N) is 2. The average Bonchev–Trinajstić information content (AvgIpc) is 2.48. The summed E-state index contributed by atoms with van der Waals surface area (Å²) in [5.41, 5.74) is 7.54.